The highest BCUT2D eigenvalue weighted by Crippen LogP contribution is 2.18. The maximum Gasteiger partial charge on any atom is 0.252 e. The molecule has 0 fully saturated rings. The van der Waals surface area contributed by atoms with Crippen LogP contribution in [0.5, 0.6) is 0 Å². The van der Waals surface area contributed by atoms with E-state index in [1.807, 2.05) is 6.07 Å². The highest BCUT2D eigenvalue weighted by atomic mass is 16.1. The average Bonchev–Trinajstić information content (AvgIpc) is 2.67. The number of nitrogens with two attached hydrogens (primary N) is 1. The van der Waals surface area contributed by atoms with Crippen LogP contribution in [0.1, 0.15) is 10.4 Å². The van der Waals surface area contributed by atoms with Gasteiger partial charge in [0.25, 0.3) is 5.91 Å². The van der Waals surface area contributed by atoms with Crippen LogP contribution >= 0.6 is 0 Å². The van der Waals surface area contributed by atoms with Gasteiger partial charge >= 0.3 is 0 Å². The van der Waals surface area contributed by atoms with Gasteiger partial charge in [-0.2, -0.15) is 5.10 Å². The number of pyridine rings is 1. The van der Waals surface area contributed by atoms with E-state index in [2.05, 4.69) is 15.2 Å². The van der Waals surface area contributed by atoms with Crippen LogP contribution in [-0.2, 0) is 0 Å². The number of amides is 1. The molecule has 3 N–H and O–H groups in total. The van der Waals surface area contributed by atoms with Crippen LogP contribution in [-0.4, -0.2) is 21.1 Å². The van der Waals surface area contributed by atoms with Crippen molar-refractivity contribution in [3.05, 3.63) is 36.3 Å². The van der Waals surface area contributed by atoms with Gasteiger partial charge in [-0.05, 0) is 12.1 Å². The van der Waals surface area contributed by atoms with Crippen molar-refractivity contribution in [2.75, 3.05) is 0 Å². The molecule has 0 aliphatic heterocycles. The number of nitrogens with zero attached hydrogens (tertiary/aromatic N) is 2. The van der Waals surface area contributed by atoms with E-state index in [1.54, 1.807) is 18.5 Å². The lowest BCUT2D eigenvalue weighted by Gasteiger charge is -1.96. The Morgan fingerprint density at radius 2 is 2.36 bits per heavy atom. The van der Waals surface area contributed by atoms with Gasteiger partial charge in [0.15, 0.2) is 0 Å². The molecule has 2 aromatic heterocycles. The van der Waals surface area contributed by atoms with Gasteiger partial charge in [-0.1, -0.05) is 0 Å². The van der Waals surface area contributed by atoms with Crippen molar-refractivity contribution in [1.82, 2.24) is 15.2 Å². The van der Waals surface area contributed by atoms with E-state index in [-0.39, 0.29) is 0 Å². The first-order chi connectivity index (χ1) is 6.79. The Balaban J connectivity index is 2.52. The summed E-state index contributed by atoms with van der Waals surface area (Å²) in [4.78, 5) is 14.9. The standard InChI is InChI=1S/C9H8N4O/c10-9(14)7-5-12-13-8(7)6-2-1-3-11-4-6/h1-5H,(H2,10,14)(H,12,13). The van der Waals surface area contributed by atoms with Crippen molar-refractivity contribution in [2.45, 2.75) is 0 Å². The van der Waals surface area contributed by atoms with E-state index in [1.165, 1.54) is 6.20 Å². The number of rotatable bonds is 2. The lowest BCUT2D eigenvalue weighted by Crippen LogP contribution is -2.11. The summed E-state index contributed by atoms with van der Waals surface area (Å²) in [5, 5.41) is 6.54. The van der Waals surface area contributed by atoms with E-state index >= 15 is 0 Å². The van der Waals surface area contributed by atoms with Gasteiger partial charge < -0.3 is 5.73 Å². The predicted octanol–water partition coefficient (Wildman–Crippen LogP) is 0.571. The van der Waals surface area contributed by atoms with Crippen molar-refractivity contribution < 1.29 is 4.79 Å². The molecule has 0 bridgehead atoms. The van der Waals surface area contributed by atoms with Crippen LogP contribution in [0.3, 0.4) is 0 Å². The molecule has 0 aromatic carbocycles. The number of primary amides is 1. The van der Waals surface area contributed by atoms with Crippen molar-refractivity contribution >= 4 is 5.91 Å². The third-order valence-electron chi connectivity index (χ3n) is 1.84. The summed E-state index contributed by atoms with van der Waals surface area (Å²) in [6.07, 6.45) is 4.76. The minimum atomic E-state index is -0.502. The summed E-state index contributed by atoms with van der Waals surface area (Å²) in [5.74, 6) is -0.502. The van der Waals surface area contributed by atoms with Crippen molar-refractivity contribution in [1.29, 1.82) is 0 Å². The van der Waals surface area contributed by atoms with E-state index in [0.717, 1.165) is 5.56 Å². The van der Waals surface area contributed by atoms with Gasteiger partial charge in [0.1, 0.15) is 5.69 Å². The van der Waals surface area contributed by atoms with Crippen LogP contribution in [0, 0.1) is 0 Å². The summed E-state index contributed by atoms with van der Waals surface area (Å²) in [5.41, 5.74) is 6.85. The second kappa shape index (κ2) is 3.29. The lowest BCUT2D eigenvalue weighted by atomic mass is 10.1. The number of carbonyl (C=O) groups excluding carboxylic acids is 1. The first kappa shape index (κ1) is 8.43. The zero-order chi connectivity index (χ0) is 9.97. The highest BCUT2D eigenvalue weighted by Gasteiger charge is 2.12. The Hall–Kier alpha value is -2.17. The number of carbonyl (C=O) groups is 1. The number of nitrogens with one attached hydrogen (secondary N) is 1. The third-order valence-corrected chi connectivity index (χ3v) is 1.84. The van der Waals surface area contributed by atoms with Crippen molar-refractivity contribution in [3.63, 3.8) is 0 Å². The number of hydrogen-bond acceptors (Lipinski definition) is 3. The average molecular weight is 188 g/mol. The molecule has 14 heavy (non-hydrogen) atoms. The van der Waals surface area contributed by atoms with Crippen LogP contribution in [0.25, 0.3) is 11.3 Å². The zero-order valence-electron chi connectivity index (χ0n) is 7.27. The molecule has 2 rings (SSSR count). The molecule has 0 saturated heterocycles. The maximum atomic E-state index is 11.0. The van der Waals surface area contributed by atoms with Gasteiger partial charge in [0.2, 0.25) is 0 Å². The second-order valence-corrected chi connectivity index (χ2v) is 2.75. The monoisotopic (exact) mass is 188 g/mol. The number of aromatic nitrogens is 3. The number of H-pyrrole nitrogens is 1. The topological polar surface area (TPSA) is 84.7 Å². The molecule has 0 saturated carbocycles. The number of aromatic amines is 1. The molecule has 5 heteroatoms. The molecule has 70 valence electrons. The summed E-state index contributed by atoms with van der Waals surface area (Å²) >= 11 is 0. The van der Waals surface area contributed by atoms with Crippen LogP contribution in [0.15, 0.2) is 30.7 Å². The molecule has 0 aliphatic rings. The third kappa shape index (κ3) is 1.35. The molecule has 0 atom stereocenters. The normalized spacial score (nSPS) is 10.0. The largest absolute Gasteiger partial charge is 0.365 e. The summed E-state index contributed by atoms with van der Waals surface area (Å²) in [6, 6.07) is 3.59. The Bertz CT molecular complexity index is 449. The van der Waals surface area contributed by atoms with Crippen molar-refractivity contribution in [3.8, 4) is 11.3 Å². The van der Waals surface area contributed by atoms with E-state index in [0.29, 0.717) is 11.3 Å². The smallest absolute Gasteiger partial charge is 0.252 e. The van der Waals surface area contributed by atoms with E-state index < -0.39 is 5.91 Å². The second-order valence-electron chi connectivity index (χ2n) is 2.75. The quantitative estimate of drug-likeness (QED) is 0.722. The summed E-state index contributed by atoms with van der Waals surface area (Å²) in [7, 11) is 0. The van der Waals surface area contributed by atoms with Gasteiger partial charge in [-0.25, -0.2) is 0 Å². The molecular formula is C9H8N4O. The SMILES string of the molecule is NC(=O)c1c[nH]nc1-c1cccnc1. The van der Waals surface area contributed by atoms with Gasteiger partial charge in [0, 0.05) is 24.2 Å². The Morgan fingerprint density at radius 1 is 1.50 bits per heavy atom. The first-order valence-electron chi connectivity index (χ1n) is 4.03. The molecule has 0 aliphatic carbocycles. The van der Waals surface area contributed by atoms with Crippen LogP contribution in [0.2, 0.25) is 0 Å². The first-order valence-corrected chi connectivity index (χ1v) is 4.03. The van der Waals surface area contributed by atoms with E-state index in [4.69, 9.17) is 5.73 Å². The Morgan fingerprint density at radius 3 is 3.00 bits per heavy atom. The highest BCUT2D eigenvalue weighted by molar-refractivity contribution is 5.98. The predicted molar refractivity (Wildman–Crippen MR) is 50.3 cm³/mol. The Kier molecular flexibility index (Phi) is 1.98. The minimum absolute atomic E-state index is 0.373. The summed E-state index contributed by atoms with van der Waals surface area (Å²) < 4.78 is 0. The Labute approximate surface area is 80.0 Å². The molecule has 0 radical (unpaired) electrons. The molecular weight excluding hydrogens is 180 g/mol. The molecule has 2 aromatic rings. The molecule has 2 heterocycles. The minimum Gasteiger partial charge on any atom is -0.365 e. The van der Waals surface area contributed by atoms with Gasteiger partial charge in [-0.3, -0.25) is 14.9 Å². The fourth-order valence-corrected chi connectivity index (χ4v) is 1.20. The van der Waals surface area contributed by atoms with Crippen LogP contribution in [0.4, 0.5) is 0 Å². The molecule has 1 amide bonds. The van der Waals surface area contributed by atoms with Gasteiger partial charge in [0.05, 0.1) is 5.56 Å². The maximum absolute atomic E-state index is 11.0. The zero-order valence-corrected chi connectivity index (χ0v) is 7.27. The fourth-order valence-electron chi connectivity index (χ4n) is 1.20. The fraction of sp³-hybridized carbons (Fsp3) is 0. The molecule has 0 unspecified atom stereocenters. The van der Waals surface area contributed by atoms with Crippen molar-refractivity contribution in [2.24, 2.45) is 5.73 Å². The molecule has 0 spiro atoms. The molecule has 5 nitrogen and oxygen atoms in total. The van der Waals surface area contributed by atoms with E-state index in [9.17, 15) is 4.79 Å². The lowest BCUT2D eigenvalue weighted by molar-refractivity contribution is 0.100. The number of hydrogen-bond donors (Lipinski definition) is 2. The summed E-state index contributed by atoms with van der Waals surface area (Å²) in [6.45, 7) is 0. The van der Waals surface area contributed by atoms with Gasteiger partial charge in [-0.15, -0.1) is 0 Å². The van der Waals surface area contributed by atoms with Crippen LogP contribution < -0.4 is 5.73 Å².